The summed E-state index contributed by atoms with van der Waals surface area (Å²) in [4.78, 5) is 21.8. The van der Waals surface area contributed by atoms with Crippen molar-refractivity contribution in [3.05, 3.63) is 29.8 Å². The minimum Gasteiger partial charge on any atom is -0.508 e. The molecular formula is C12H15NO3. The Hall–Kier alpha value is -1.84. The number of hydrogen-bond acceptors (Lipinski definition) is 3. The van der Waals surface area contributed by atoms with Gasteiger partial charge in [0.15, 0.2) is 0 Å². The fourth-order valence-electron chi connectivity index (χ4n) is 1.30. The highest BCUT2D eigenvalue weighted by Crippen LogP contribution is 2.09. The lowest BCUT2D eigenvalue weighted by Crippen LogP contribution is -2.27. The number of carbonyl (C=O) groups excluding carboxylic acids is 2. The number of nitrogens with one attached hydrogen (secondary N) is 1. The molecule has 4 nitrogen and oxygen atoms in total. The van der Waals surface area contributed by atoms with E-state index in [4.69, 9.17) is 5.11 Å². The van der Waals surface area contributed by atoms with Gasteiger partial charge in [-0.15, -0.1) is 0 Å². The van der Waals surface area contributed by atoms with Crippen molar-refractivity contribution in [2.45, 2.75) is 19.8 Å². The van der Waals surface area contributed by atoms with Crippen LogP contribution < -0.4 is 5.32 Å². The topological polar surface area (TPSA) is 66.4 Å². The third-order valence-electron chi connectivity index (χ3n) is 2.08. The number of amides is 1. The van der Waals surface area contributed by atoms with Crippen molar-refractivity contribution >= 4 is 11.7 Å². The minimum atomic E-state index is -0.244. The lowest BCUT2D eigenvalue weighted by Gasteiger charge is -2.04. The summed E-state index contributed by atoms with van der Waals surface area (Å²) in [6.45, 7) is 1.89. The van der Waals surface area contributed by atoms with Crippen LogP contribution in [0.4, 0.5) is 0 Å². The van der Waals surface area contributed by atoms with Gasteiger partial charge in [0, 0.05) is 6.54 Å². The van der Waals surface area contributed by atoms with Gasteiger partial charge in [0.2, 0.25) is 5.91 Å². The van der Waals surface area contributed by atoms with Gasteiger partial charge >= 0.3 is 0 Å². The molecule has 1 rings (SSSR count). The molecule has 0 atom stereocenters. The summed E-state index contributed by atoms with van der Waals surface area (Å²) >= 11 is 0. The van der Waals surface area contributed by atoms with Crippen LogP contribution in [0.1, 0.15) is 18.9 Å². The Morgan fingerprint density at radius 1 is 1.25 bits per heavy atom. The molecule has 0 aliphatic heterocycles. The number of phenols is 1. The molecule has 1 aromatic carbocycles. The van der Waals surface area contributed by atoms with E-state index in [2.05, 4.69) is 5.32 Å². The van der Waals surface area contributed by atoms with E-state index in [-0.39, 0.29) is 23.9 Å². The molecular weight excluding hydrogens is 206 g/mol. The van der Waals surface area contributed by atoms with Gasteiger partial charge in [-0.3, -0.25) is 9.59 Å². The van der Waals surface area contributed by atoms with Crippen LogP contribution in [0, 0.1) is 0 Å². The van der Waals surface area contributed by atoms with Crippen LogP contribution in [0.15, 0.2) is 24.3 Å². The Balaban J connectivity index is 2.28. The van der Waals surface area contributed by atoms with Crippen molar-refractivity contribution in [3.63, 3.8) is 0 Å². The van der Waals surface area contributed by atoms with Crippen molar-refractivity contribution in [3.8, 4) is 5.75 Å². The summed E-state index contributed by atoms with van der Waals surface area (Å²) in [5.41, 5.74) is 1.03. The maximum atomic E-state index is 11.1. The van der Waals surface area contributed by atoms with Crippen molar-refractivity contribution < 1.29 is 14.7 Å². The second kappa shape index (κ2) is 5.90. The molecule has 16 heavy (non-hydrogen) atoms. The molecule has 1 aromatic rings. The summed E-state index contributed by atoms with van der Waals surface area (Å²) in [6.07, 6.45) is 0.625. The van der Waals surface area contributed by atoms with E-state index in [1.807, 2.05) is 0 Å². The van der Waals surface area contributed by atoms with Crippen molar-refractivity contribution in [1.29, 1.82) is 0 Å². The summed E-state index contributed by atoms with van der Waals surface area (Å²) in [5, 5.41) is 11.7. The molecule has 0 aromatic heterocycles. The van der Waals surface area contributed by atoms with Crippen LogP contribution in [0.5, 0.6) is 5.75 Å². The lowest BCUT2D eigenvalue weighted by molar-refractivity contribution is -0.127. The number of aromatic hydroxyl groups is 1. The first-order chi connectivity index (χ1) is 7.58. The molecule has 4 heteroatoms. The number of rotatable bonds is 5. The number of carbonyl (C=O) groups is 2. The molecule has 0 heterocycles. The highest BCUT2D eigenvalue weighted by molar-refractivity contribution is 5.96. The van der Waals surface area contributed by atoms with Gasteiger partial charge in [0.1, 0.15) is 11.5 Å². The summed E-state index contributed by atoms with van der Waals surface area (Å²) in [5.74, 6) is -0.155. The minimum absolute atomic E-state index is 0.0599. The van der Waals surface area contributed by atoms with Gasteiger partial charge in [-0.1, -0.05) is 12.1 Å². The molecule has 0 unspecified atom stereocenters. The Bertz CT molecular complexity index is 370. The van der Waals surface area contributed by atoms with E-state index in [0.717, 1.165) is 5.56 Å². The van der Waals surface area contributed by atoms with Crippen LogP contribution in [0.2, 0.25) is 0 Å². The van der Waals surface area contributed by atoms with Gasteiger partial charge in [0.05, 0.1) is 6.42 Å². The number of ketones is 1. The molecule has 0 spiro atoms. The van der Waals surface area contributed by atoms with E-state index < -0.39 is 0 Å². The summed E-state index contributed by atoms with van der Waals surface area (Å²) in [6, 6.07) is 6.80. The van der Waals surface area contributed by atoms with Crippen LogP contribution in [-0.4, -0.2) is 23.3 Å². The number of hydrogen-bond donors (Lipinski definition) is 2. The van der Waals surface area contributed by atoms with Crippen LogP contribution in [0.25, 0.3) is 0 Å². The molecule has 1 amide bonds. The first-order valence-corrected chi connectivity index (χ1v) is 5.12. The second-order valence-corrected chi connectivity index (χ2v) is 3.65. The fourth-order valence-corrected chi connectivity index (χ4v) is 1.30. The van der Waals surface area contributed by atoms with Crippen LogP contribution in [0.3, 0.4) is 0 Å². The maximum Gasteiger partial charge on any atom is 0.227 e. The summed E-state index contributed by atoms with van der Waals surface area (Å²) in [7, 11) is 0. The third kappa shape index (κ3) is 4.59. The second-order valence-electron chi connectivity index (χ2n) is 3.65. The van der Waals surface area contributed by atoms with E-state index >= 15 is 0 Å². The highest BCUT2D eigenvalue weighted by Gasteiger charge is 2.03. The van der Waals surface area contributed by atoms with Crippen molar-refractivity contribution in [1.82, 2.24) is 5.32 Å². The number of Topliss-reactive ketones (excluding diaryl/α,β-unsaturated/α-hetero) is 1. The van der Waals surface area contributed by atoms with Crippen LogP contribution >= 0.6 is 0 Å². The standard InChI is InChI=1S/C12H15NO3/c1-9(14)8-12(16)13-7-6-10-2-4-11(15)5-3-10/h2-5,15H,6-8H2,1H3,(H,13,16). The van der Waals surface area contributed by atoms with Gasteiger partial charge in [0.25, 0.3) is 0 Å². The van der Waals surface area contributed by atoms with E-state index in [0.29, 0.717) is 13.0 Å². The van der Waals surface area contributed by atoms with Gasteiger partial charge in [-0.05, 0) is 31.0 Å². The molecule has 0 aliphatic rings. The van der Waals surface area contributed by atoms with Crippen molar-refractivity contribution in [2.75, 3.05) is 6.54 Å². The molecule has 0 aliphatic carbocycles. The maximum absolute atomic E-state index is 11.1. The van der Waals surface area contributed by atoms with Gasteiger partial charge in [-0.2, -0.15) is 0 Å². The third-order valence-corrected chi connectivity index (χ3v) is 2.08. The average molecular weight is 221 g/mol. The smallest absolute Gasteiger partial charge is 0.227 e. The molecule has 0 radical (unpaired) electrons. The van der Waals surface area contributed by atoms with Crippen LogP contribution in [-0.2, 0) is 16.0 Å². The summed E-state index contributed by atoms with van der Waals surface area (Å²) < 4.78 is 0. The predicted molar refractivity (Wildman–Crippen MR) is 60.1 cm³/mol. The fraction of sp³-hybridized carbons (Fsp3) is 0.333. The SMILES string of the molecule is CC(=O)CC(=O)NCCc1ccc(O)cc1. The first kappa shape index (κ1) is 12.2. The Kier molecular flexibility index (Phi) is 4.51. The molecule has 0 fully saturated rings. The highest BCUT2D eigenvalue weighted by atomic mass is 16.3. The lowest BCUT2D eigenvalue weighted by atomic mass is 10.1. The molecule has 0 bridgehead atoms. The monoisotopic (exact) mass is 221 g/mol. The van der Waals surface area contributed by atoms with E-state index in [1.54, 1.807) is 24.3 Å². The predicted octanol–water partition coefficient (Wildman–Crippen LogP) is 1.03. The van der Waals surface area contributed by atoms with Gasteiger partial charge in [-0.25, -0.2) is 0 Å². The van der Waals surface area contributed by atoms with E-state index in [9.17, 15) is 9.59 Å². The van der Waals surface area contributed by atoms with E-state index in [1.165, 1.54) is 6.92 Å². The quantitative estimate of drug-likeness (QED) is 0.730. The zero-order chi connectivity index (χ0) is 12.0. The zero-order valence-electron chi connectivity index (χ0n) is 9.19. The molecule has 2 N–H and O–H groups in total. The normalized spacial score (nSPS) is 9.81. The number of benzene rings is 1. The van der Waals surface area contributed by atoms with Gasteiger partial charge < -0.3 is 10.4 Å². The largest absolute Gasteiger partial charge is 0.508 e. The molecule has 86 valence electrons. The molecule has 0 saturated heterocycles. The Labute approximate surface area is 94.3 Å². The number of phenolic OH excluding ortho intramolecular Hbond substituents is 1. The van der Waals surface area contributed by atoms with Crippen molar-refractivity contribution in [2.24, 2.45) is 0 Å². The first-order valence-electron chi connectivity index (χ1n) is 5.12. The zero-order valence-corrected chi connectivity index (χ0v) is 9.19. The molecule has 0 saturated carbocycles. The Morgan fingerprint density at radius 3 is 2.44 bits per heavy atom. The average Bonchev–Trinajstić information content (AvgIpc) is 2.20. The Morgan fingerprint density at radius 2 is 1.88 bits per heavy atom.